The normalized spacial score (nSPS) is 10.5. The second-order valence-corrected chi connectivity index (χ2v) is 4.69. The van der Waals surface area contributed by atoms with E-state index in [4.69, 9.17) is 0 Å². The average molecular weight is 327 g/mol. The van der Waals surface area contributed by atoms with Crippen molar-refractivity contribution in [1.82, 2.24) is 20.1 Å². The minimum absolute atomic E-state index is 0.246. The van der Waals surface area contributed by atoms with Crippen LogP contribution in [0.1, 0.15) is 23.1 Å². The monoisotopic (exact) mass is 326 g/mol. The topological polar surface area (TPSA) is 59.8 Å². The molecular formula is C12H12BrFN4O. The summed E-state index contributed by atoms with van der Waals surface area (Å²) in [6.45, 7) is 2.93. The van der Waals surface area contributed by atoms with Crippen LogP contribution < -0.4 is 5.32 Å². The summed E-state index contributed by atoms with van der Waals surface area (Å²) in [5.41, 5.74) is 0.252. The summed E-state index contributed by atoms with van der Waals surface area (Å²) in [7, 11) is 0. The highest BCUT2D eigenvalue weighted by Gasteiger charge is 2.12. The zero-order valence-corrected chi connectivity index (χ0v) is 11.8. The fourth-order valence-electron chi connectivity index (χ4n) is 1.61. The van der Waals surface area contributed by atoms with E-state index in [1.165, 1.54) is 18.2 Å². The Morgan fingerprint density at radius 2 is 2.32 bits per heavy atom. The van der Waals surface area contributed by atoms with Gasteiger partial charge in [-0.3, -0.25) is 4.79 Å². The fourth-order valence-corrected chi connectivity index (χ4v) is 2.03. The number of hydrogen-bond acceptors (Lipinski definition) is 3. The lowest BCUT2D eigenvalue weighted by Crippen LogP contribution is -2.25. The van der Waals surface area contributed by atoms with Crippen molar-refractivity contribution >= 4 is 21.8 Å². The largest absolute Gasteiger partial charge is 0.345 e. The predicted octanol–water partition coefficient (Wildman–Crippen LogP) is 2.13. The standard InChI is InChI=1S/C12H12BrFN4O/c1-2-18-7-16-17-11(18)6-15-12(19)9-5-8(14)3-4-10(9)13/h3-5,7H,2,6H2,1H3,(H,15,19). The first-order valence-corrected chi connectivity index (χ1v) is 6.51. The molecule has 1 amide bonds. The van der Waals surface area contributed by atoms with Crippen LogP contribution in [0.3, 0.4) is 0 Å². The van der Waals surface area contributed by atoms with E-state index >= 15 is 0 Å². The van der Waals surface area contributed by atoms with Crippen molar-refractivity contribution in [3.63, 3.8) is 0 Å². The number of halogens is 2. The third-order valence-corrected chi connectivity index (χ3v) is 3.31. The number of carbonyl (C=O) groups excluding carboxylic acids is 1. The zero-order chi connectivity index (χ0) is 13.8. The summed E-state index contributed by atoms with van der Waals surface area (Å²) >= 11 is 3.22. The van der Waals surface area contributed by atoms with Crippen molar-refractivity contribution in [3.05, 3.63) is 46.2 Å². The van der Waals surface area contributed by atoms with Gasteiger partial charge in [-0.15, -0.1) is 10.2 Å². The van der Waals surface area contributed by atoms with E-state index in [-0.39, 0.29) is 18.0 Å². The van der Waals surface area contributed by atoms with Gasteiger partial charge in [-0.2, -0.15) is 0 Å². The quantitative estimate of drug-likeness (QED) is 0.936. The van der Waals surface area contributed by atoms with Gasteiger partial charge in [-0.25, -0.2) is 4.39 Å². The van der Waals surface area contributed by atoms with Gasteiger partial charge < -0.3 is 9.88 Å². The molecule has 0 saturated carbocycles. The Kier molecular flexibility index (Phi) is 4.26. The summed E-state index contributed by atoms with van der Waals surface area (Å²) in [4.78, 5) is 11.9. The van der Waals surface area contributed by atoms with Gasteiger partial charge in [0, 0.05) is 11.0 Å². The Hall–Kier alpha value is -1.76. The summed E-state index contributed by atoms with van der Waals surface area (Å²) in [5.74, 6) is -0.162. The van der Waals surface area contributed by atoms with Crippen LogP contribution in [-0.2, 0) is 13.1 Å². The summed E-state index contributed by atoms with van der Waals surface area (Å²) in [6, 6.07) is 3.97. The van der Waals surface area contributed by atoms with Crippen LogP contribution >= 0.6 is 15.9 Å². The van der Waals surface area contributed by atoms with E-state index in [1.54, 1.807) is 6.33 Å². The molecule has 0 unspecified atom stereocenters. The van der Waals surface area contributed by atoms with Gasteiger partial charge in [0.15, 0.2) is 5.82 Å². The Morgan fingerprint density at radius 1 is 1.53 bits per heavy atom. The molecule has 1 aromatic carbocycles. The average Bonchev–Trinajstić information content (AvgIpc) is 2.86. The number of hydrogen-bond donors (Lipinski definition) is 1. The molecule has 19 heavy (non-hydrogen) atoms. The number of rotatable bonds is 4. The lowest BCUT2D eigenvalue weighted by molar-refractivity contribution is 0.0948. The number of carbonyl (C=O) groups is 1. The van der Waals surface area contributed by atoms with Gasteiger partial charge in [0.1, 0.15) is 12.1 Å². The van der Waals surface area contributed by atoms with Crippen LogP contribution in [0.5, 0.6) is 0 Å². The number of aryl methyl sites for hydroxylation is 1. The number of aromatic nitrogens is 3. The first kappa shape index (κ1) is 13.7. The van der Waals surface area contributed by atoms with Crippen LogP contribution in [0, 0.1) is 5.82 Å². The molecular weight excluding hydrogens is 315 g/mol. The summed E-state index contributed by atoms with van der Waals surface area (Å²) < 4.78 is 15.5. The third-order valence-electron chi connectivity index (χ3n) is 2.62. The lowest BCUT2D eigenvalue weighted by atomic mass is 10.2. The third kappa shape index (κ3) is 3.17. The van der Waals surface area contributed by atoms with Gasteiger partial charge in [0.2, 0.25) is 0 Å². The Balaban J connectivity index is 2.07. The Labute approximate surface area is 118 Å². The van der Waals surface area contributed by atoms with Crippen molar-refractivity contribution in [2.24, 2.45) is 0 Å². The fraction of sp³-hybridized carbons (Fsp3) is 0.250. The molecule has 5 nitrogen and oxygen atoms in total. The molecule has 1 N–H and O–H groups in total. The van der Waals surface area contributed by atoms with Gasteiger partial charge in [-0.05, 0) is 41.1 Å². The van der Waals surface area contributed by atoms with E-state index in [9.17, 15) is 9.18 Å². The van der Waals surface area contributed by atoms with Crippen LogP contribution in [0.25, 0.3) is 0 Å². The van der Waals surface area contributed by atoms with Crippen LogP contribution in [-0.4, -0.2) is 20.7 Å². The minimum atomic E-state index is -0.454. The van der Waals surface area contributed by atoms with Crippen LogP contribution in [0.15, 0.2) is 29.0 Å². The molecule has 0 fully saturated rings. The lowest BCUT2D eigenvalue weighted by Gasteiger charge is -2.07. The number of nitrogens with one attached hydrogen (secondary N) is 1. The maximum absolute atomic E-state index is 13.1. The van der Waals surface area contributed by atoms with Gasteiger partial charge >= 0.3 is 0 Å². The summed E-state index contributed by atoms with van der Waals surface area (Å²) in [5, 5.41) is 10.4. The highest BCUT2D eigenvalue weighted by molar-refractivity contribution is 9.10. The number of benzene rings is 1. The van der Waals surface area contributed by atoms with Gasteiger partial charge in [0.25, 0.3) is 5.91 Å². The Morgan fingerprint density at radius 3 is 3.05 bits per heavy atom. The van der Waals surface area contributed by atoms with E-state index in [1.807, 2.05) is 11.5 Å². The molecule has 100 valence electrons. The maximum atomic E-state index is 13.1. The van der Waals surface area contributed by atoms with Crippen molar-refractivity contribution in [2.75, 3.05) is 0 Å². The van der Waals surface area contributed by atoms with Gasteiger partial charge in [-0.1, -0.05) is 0 Å². The minimum Gasteiger partial charge on any atom is -0.345 e. The van der Waals surface area contributed by atoms with Crippen molar-refractivity contribution in [3.8, 4) is 0 Å². The molecule has 0 saturated heterocycles. The molecule has 0 bridgehead atoms. The molecule has 0 radical (unpaired) electrons. The molecule has 0 spiro atoms. The highest BCUT2D eigenvalue weighted by atomic mass is 79.9. The Bertz CT molecular complexity index is 599. The molecule has 2 rings (SSSR count). The zero-order valence-electron chi connectivity index (χ0n) is 10.2. The molecule has 0 aliphatic rings. The highest BCUT2D eigenvalue weighted by Crippen LogP contribution is 2.17. The molecule has 0 atom stereocenters. The van der Waals surface area contributed by atoms with E-state index in [0.29, 0.717) is 10.3 Å². The smallest absolute Gasteiger partial charge is 0.252 e. The molecule has 1 heterocycles. The first-order valence-electron chi connectivity index (χ1n) is 5.71. The second-order valence-electron chi connectivity index (χ2n) is 3.84. The second kappa shape index (κ2) is 5.92. The van der Waals surface area contributed by atoms with Crippen LogP contribution in [0.4, 0.5) is 4.39 Å². The molecule has 0 aliphatic carbocycles. The molecule has 7 heteroatoms. The number of amides is 1. The molecule has 2 aromatic rings. The molecule has 0 aliphatic heterocycles. The van der Waals surface area contributed by atoms with Crippen LogP contribution in [0.2, 0.25) is 0 Å². The van der Waals surface area contributed by atoms with E-state index < -0.39 is 5.82 Å². The number of nitrogens with zero attached hydrogens (tertiary/aromatic N) is 3. The maximum Gasteiger partial charge on any atom is 0.252 e. The summed E-state index contributed by atoms with van der Waals surface area (Å²) in [6.07, 6.45) is 1.60. The van der Waals surface area contributed by atoms with E-state index in [0.717, 1.165) is 6.54 Å². The van der Waals surface area contributed by atoms with Crippen molar-refractivity contribution in [1.29, 1.82) is 0 Å². The van der Waals surface area contributed by atoms with E-state index in [2.05, 4.69) is 31.4 Å². The molecule has 1 aromatic heterocycles. The predicted molar refractivity (Wildman–Crippen MR) is 71.0 cm³/mol. The van der Waals surface area contributed by atoms with Crippen molar-refractivity contribution < 1.29 is 9.18 Å². The van der Waals surface area contributed by atoms with Crippen molar-refractivity contribution in [2.45, 2.75) is 20.0 Å². The first-order chi connectivity index (χ1) is 9.11. The SMILES string of the molecule is CCn1cnnc1CNC(=O)c1cc(F)ccc1Br. The van der Waals surface area contributed by atoms with Gasteiger partial charge in [0.05, 0.1) is 12.1 Å².